The van der Waals surface area contributed by atoms with Crippen molar-refractivity contribution in [2.24, 2.45) is 0 Å². The van der Waals surface area contributed by atoms with Crippen LogP contribution in [0.1, 0.15) is 13.8 Å². The number of aliphatic hydroxyl groups is 1. The molecule has 86 valence electrons. The summed E-state index contributed by atoms with van der Waals surface area (Å²) in [6, 6.07) is 0. The Bertz CT molecular complexity index is 244. The van der Waals surface area contributed by atoms with E-state index < -0.39 is 18.4 Å². The normalized spacial score (nSPS) is 24.7. The lowest BCUT2D eigenvalue weighted by Gasteiger charge is -2.23. The van der Waals surface area contributed by atoms with E-state index >= 15 is 0 Å². The maximum absolute atomic E-state index is 11.4. The number of hydrogen-bond acceptors (Lipinski definition) is 5. The van der Waals surface area contributed by atoms with Crippen LogP contribution >= 0.6 is 0 Å². The lowest BCUT2D eigenvalue weighted by Crippen LogP contribution is -2.41. The molecule has 0 amide bonds. The van der Waals surface area contributed by atoms with E-state index in [2.05, 4.69) is 5.32 Å². The highest BCUT2D eigenvalue weighted by Crippen LogP contribution is 2.05. The molecule has 15 heavy (non-hydrogen) atoms. The summed E-state index contributed by atoms with van der Waals surface area (Å²) < 4.78 is 10.3. The molecule has 2 atom stereocenters. The van der Waals surface area contributed by atoms with Gasteiger partial charge in [0.25, 0.3) is 0 Å². The van der Waals surface area contributed by atoms with E-state index in [1.165, 1.54) is 6.08 Å². The molecule has 0 saturated carbocycles. The van der Waals surface area contributed by atoms with Crippen LogP contribution in [0.25, 0.3) is 0 Å². The van der Waals surface area contributed by atoms with Gasteiger partial charge >= 0.3 is 5.97 Å². The van der Waals surface area contributed by atoms with Crippen molar-refractivity contribution in [2.75, 3.05) is 19.7 Å². The number of esters is 1. The molecule has 1 aliphatic rings. The molecule has 1 rings (SSSR count). The third kappa shape index (κ3) is 4.42. The molecule has 0 aromatic rings. The second kappa shape index (κ2) is 5.85. The first-order valence-corrected chi connectivity index (χ1v) is 4.99. The number of carbonyl (C=O) groups is 1. The number of rotatable bonds is 3. The molecule has 0 aromatic carbocycles. The Hall–Kier alpha value is -0.910. The van der Waals surface area contributed by atoms with E-state index in [0.29, 0.717) is 18.7 Å². The first-order valence-electron chi connectivity index (χ1n) is 4.99. The summed E-state index contributed by atoms with van der Waals surface area (Å²) in [5, 5.41) is 12.1. The summed E-state index contributed by atoms with van der Waals surface area (Å²) in [5.74, 6) is -0.454. The summed E-state index contributed by atoms with van der Waals surface area (Å²) >= 11 is 0. The average molecular weight is 215 g/mol. The lowest BCUT2D eigenvalue weighted by atomic mass is 10.2. The quantitative estimate of drug-likeness (QED) is 0.504. The molecule has 1 aliphatic heterocycles. The first kappa shape index (κ1) is 12.2. The molecule has 0 aliphatic carbocycles. The highest BCUT2D eigenvalue weighted by molar-refractivity contribution is 5.87. The minimum absolute atomic E-state index is 0.388. The van der Waals surface area contributed by atoms with Crippen LogP contribution in [0.4, 0.5) is 0 Å². The molecule has 0 bridgehead atoms. The molecular weight excluding hydrogens is 198 g/mol. The molecule has 5 nitrogen and oxygen atoms in total. The summed E-state index contributed by atoms with van der Waals surface area (Å²) in [6.45, 7) is 5.00. The van der Waals surface area contributed by atoms with Crippen LogP contribution in [0, 0.1) is 0 Å². The standard InChI is InChI=1S/C10H17NO4/c1-7(5-8(2)12)10(13)15-9-6-11-3-4-14-9/h5,8-9,11-12H,3-4,6H2,1-2H3/b7-5+. The van der Waals surface area contributed by atoms with Crippen molar-refractivity contribution in [3.63, 3.8) is 0 Å². The minimum Gasteiger partial charge on any atom is -0.431 e. The minimum atomic E-state index is -0.650. The van der Waals surface area contributed by atoms with Crippen LogP contribution in [0.5, 0.6) is 0 Å². The zero-order valence-corrected chi connectivity index (χ0v) is 9.03. The van der Waals surface area contributed by atoms with Gasteiger partial charge in [-0.1, -0.05) is 0 Å². The van der Waals surface area contributed by atoms with Crippen molar-refractivity contribution in [3.8, 4) is 0 Å². The summed E-state index contributed by atoms with van der Waals surface area (Å²) in [7, 11) is 0. The number of ether oxygens (including phenoxy) is 2. The van der Waals surface area contributed by atoms with E-state index in [4.69, 9.17) is 14.6 Å². The fraction of sp³-hybridized carbons (Fsp3) is 0.700. The highest BCUT2D eigenvalue weighted by Gasteiger charge is 2.18. The van der Waals surface area contributed by atoms with Crippen molar-refractivity contribution in [2.45, 2.75) is 26.2 Å². The fourth-order valence-electron chi connectivity index (χ4n) is 1.26. The lowest BCUT2D eigenvalue weighted by molar-refractivity contribution is -0.178. The van der Waals surface area contributed by atoms with E-state index in [9.17, 15) is 4.79 Å². The third-order valence-electron chi connectivity index (χ3n) is 1.95. The van der Waals surface area contributed by atoms with Crippen LogP contribution < -0.4 is 5.32 Å². The Balaban J connectivity index is 2.40. The zero-order chi connectivity index (χ0) is 11.3. The maximum atomic E-state index is 11.4. The Morgan fingerprint density at radius 1 is 1.73 bits per heavy atom. The van der Waals surface area contributed by atoms with Crippen molar-refractivity contribution in [1.82, 2.24) is 5.32 Å². The predicted molar refractivity (Wildman–Crippen MR) is 54.1 cm³/mol. The summed E-state index contributed by atoms with van der Waals surface area (Å²) in [4.78, 5) is 11.4. The number of carbonyl (C=O) groups excluding carboxylic acids is 1. The van der Waals surface area contributed by atoms with Gasteiger partial charge in [0, 0.05) is 12.1 Å². The molecule has 0 spiro atoms. The zero-order valence-electron chi connectivity index (χ0n) is 9.03. The number of nitrogens with one attached hydrogen (secondary N) is 1. The van der Waals surface area contributed by atoms with Gasteiger partial charge in [-0.3, -0.25) is 0 Å². The van der Waals surface area contributed by atoms with Gasteiger partial charge in [0.2, 0.25) is 6.29 Å². The molecule has 1 fully saturated rings. The Morgan fingerprint density at radius 2 is 2.47 bits per heavy atom. The molecule has 0 aromatic heterocycles. The molecule has 0 radical (unpaired) electrons. The van der Waals surface area contributed by atoms with E-state index in [1.54, 1.807) is 13.8 Å². The van der Waals surface area contributed by atoms with E-state index in [-0.39, 0.29) is 0 Å². The second-order valence-corrected chi connectivity index (χ2v) is 3.50. The second-order valence-electron chi connectivity index (χ2n) is 3.50. The highest BCUT2D eigenvalue weighted by atomic mass is 16.7. The largest absolute Gasteiger partial charge is 0.431 e. The van der Waals surface area contributed by atoms with Crippen LogP contribution in [-0.2, 0) is 14.3 Å². The molecule has 2 N–H and O–H groups in total. The van der Waals surface area contributed by atoms with Crippen molar-refractivity contribution >= 4 is 5.97 Å². The number of aliphatic hydroxyl groups excluding tert-OH is 1. The average Bonchev–Trinajstić information content (AvgIpc) is 2.18. The fourth-order valence-corrected chi connectivity index (χ4v) is 1.26. The molecule has 2 unspecified atom stereocenters. The van der Waals surface area contributed by atoms with Gasteiger partial charge in [0.1, 0.15) is 0 Å². The Morgan fingerprint density at radius 3 is 3.00 bits per heavy atom. The first-order chi connectivity index (χ1) is 7.09. The number of morpholine rings is 1. The van der Waals surface area contributed by atoms with Gasteiger partial charge in [-0.2, -0.15) is 0 Å². The monoisotopic (exact) mass is 215 g/mol. The van der Waals surface area contributed by atoms with Crippen LogP contribution in [0.2, 0.25) is 0 Å². The van der Waals surface area contributed by atoms with Crippen LogP contribution in [-0.4, -0.2) is 43.2 Å². The summed E-state index contributed by atoms with van der Waals surface area (Å²) in [5.41, 5.74) is 0.388. The Labute approximate surface area is 89.1 Å². The van der Waals surface area contributed by atoms with Crippen LogP contribution in [0.15, 0.2) is 11.6 Å². The molecular formula is C10H17NO4. The predicted octanol–water partition coefficient (Wildman–Crippen LogP) is -0.197. The van der Waals surface area contributed by atoms with Gasteiger partial charge in [-0.25, -0.2) is 4.79 Å². The van der Waals surface area contributed by atoms with Gasteiger partial charge < -0.3 is 19.9 Å². The van der Waals surface area contributed by atoms with Crippen molar-refractivity contribution < 1.29 is 19.4 Å². The van der Waals surface area contributed by atoms with Gasteiger partial charge in [0.15, 0.2) is 0 Å². The van der Waals surface area contributed by atoms with E-state index in [0.717, 1.165) is 6.54 Å². The van der Waals surface area contributed by atoms with Gasteiger partial charge in [-0.15, -0.1) is 0 Å². The smallest absolute Gasteiger partial charge is 0.335 e. The number of hydrogen-bond donors (Lipinski definition) is 2. The van der Waals surface area contributed by atoms with E-state index in [1.807, 2.05) is 0 Å². The topological polar surface area (TPSA) is 67.8 Å². The SMILES string of the molecule is C/C(=C\C(C)O)C(=O)OC1CNCCO1. The van der Waals surface area contributed by atoms with Crippen molar-refractivity contribution in [1.29, 1.82) is 0 Å². The molecule has 1 heterocycles. The van der Waals surface area contributed by atoms with Crippen LogP contribution in [0.3, 0.4) is 0 Å². The van der Waals surface area contributed by atoms with Gasteiger partial charge in [-0.05, 0) is 19.9 Å². The third-order valence-corrected chi connectivity index (χ3v) is 1.95. The molecule has 1 saturated heterocycles. The Kier molecular flexibility index (Phi) is 4.74. The van der Waals surface area contributed by atoms with Gasteiger partial charge in [0.05, 0.1) is 19.3 Å². The molecule has 5 heteroatoms. The summed E-state index contributed by atoms with van der Waals surface area (Å²) in [6.07, 6.45) is 0.269. The maximum Gasteiger partial charge on any atom is 0.335 e. The van der Waals surface area contributed by atoms with Crippen molar-refractivity contribution in [3.05, 3.63) is 11.6 Å².